The number of carbonyl (C=O) groups excluding carboxylic acids is 1. The van der Waals surface area contributed by atoms with Gasteiger partial charge >= 0.3 is 0 Å². The molecule has 3 nitrogen and oxygen atoms in total. The van der Waals surface area contributed by atoms with Gasteiger partial charge in [0.1, 0.15) is 0 Å². The minimum absolute atomic E-state index is 0. The molecule has 20 heavy (non-hydrogen) atoms. The Kier molecular flexibility index (Phi) is 9.30. The van der Waals surface area contributed by atoms with E-state index in [1.807, 2.05) is 6.92 Å². The summed E-state index contributed by atoms with van der Waals surface area (Å²) in [6.07, 6.45) is 3.83. The van der Waals surface area contributed by atoms with E-state index in [1.54, 1.807) is 0 Å². The highest BCUT2D eigenvalue weighted by atomic mass is 35.5. The van der Waals surface area contributed by atoms with Crippen molar-refractivity contribution >= 4 is 18.3 Å². The van der Waals surface area contributed by atoms with Gasteiger partial charge in [0.15, 0.2) is 0 Å². The second kappa shape index (κ2) is 9.50. The third-order valence-electron chi connectivity index (χ3n) is 4.08. The summed E-state index contributed by atoms with van der Waals surface area (Å²) >= 11 is 0. The third kappa shape index (κ3) is 5.92. The van der Waals surface area contributed by atoms with Gasteiger partial charge in [0.2, 0.25) is 5.91 Å². The van der Waals surface area contributed by atoms with Crippen LogP contribution in [0.4, 0.5) is 8.78 Å². The summed E-state index contributed by atoms with van der Waals surface area (Å²) in [5.74, 6) is -0.158. The van der Waals surface area contributed by atoms with E-state index in [1.165, 1.54) is 11.3 Å². The van der Waals surface area contributed by atoms with Crippen molar-refractivity contribution in [3.63, 3.8) is 0 Å². The quantitative estimate of drug-likeness (QED) is 0.784. The minimum atomic E-state index is -2.46. The number of rotatable bonds is 7. The molecule has 0 atom stereocenters. The standard InChI is InChI=1S/C14H26F2N2O.ClH/c1-2-8-18(10-12(15)16)13(19)9-14(11-17)6-4-3-5-7-14;/h12H,2-11,17H2,1H3;1H. The van der Waals surface area contributed by atoms with Crippen LogP contribution in [-0.4, -0.2) is 36.9 Å². The Bertz CT molecular complexity index is 284. The van der Waals surface area contributed by atoms with Gasteiger partial charge in [-0.25, -0.2) is 8.78 Å². The summed E-state index contributed by atoms with van der Waals surface area (Å²) in [5, 5.41) is 0. The van der Waals surface area contributed by atoms with Crippen molar-refractivity contribution in [3.05, 3.63) is 0 Å². The summed E-state index contributed by atoms with van der Waals surface area (Å²) in [6, 6.07) is 0. The van der Waals surface area contributed by atoms with Crippen LogP contribution >= 0.6 is 12.4 Å². The van der Waals surface area contributed by atoms with E-state index >= 15 is 0 Å². The Morgan fingerprint density at radius 2 is 1.90 bits per heavy atom. The van der Waals surface area contributed by atoms with Gasteiger partial charge < -0.3 is 10.6 Å². The molecule has 0 radical (unpaired) electrons. The summed E-state index contributed by atoms with van der Waals surface area (Å²) in [4.78, 5) is 13.5. The average molecular weight is 313 g/mol. The molecule has 0 heterocycles. The Hall–Kier alpha value is -0.420. The number of alkyl halides is 2. The fourth-order valence-corrected chi connectivity index (χ4v) is 2.94. The van der Waals surface area contributed by atoms with Crippen LogP contribution < -0.4 is 5.73 Å². The number of hydrogen-bond donors (Lipinski definition) is 1. The van der Waals surface area contributed by atoms with E-state index in [0.29, 0.717) is 25.9 Å². The van der Waals surface area contributed by atoms with E-state index in [4.69, 9.17) is 5.73 Å². The highest BCUT2D eigenvalue weighted by molar-refractivity contribution is 5.85. The predicted molar refractivity (Wildman–Crippen MR) is 79.3 cm³/mol. The maximum absolute atomic E-state index is 12.5. The number of nitrogens with zero attached hydrogens (tertiary/aromatic N) is 1. The number of halogens is 3. The van der Waals surface area contributed by atoms with Crippen LogP contribution in [0.2, 0.25) is 0 Å². The first kappa shape index (κ1) is 19.6. The van der Waals surface area contributed by atoms with Gasteiger partial charge in [-0.15, -0.1) is 12.4 Å². The van der Waals surface area contributed by atoms with Gasteiger partial charge in [-0.2, -0.15) is 0 Å². The van der Waals surface area contributed by atoms with Crippen molar-refractivity contribution in [1.29, 1.82) is 0 Å². The Morgan fingerprint density at radius 1 is 1.30 bits per heavy atom. The summed E-state index contributed by atoms with van der Waals surface area (Å²) < 4.78 is 25.0. The van der Waals surface area contributed by atoms with Crippen LogP contribution in [0.5, 0.6) is 0 Å². The lowest BCUT2D eigenvalue weighted by atomic mass is 9.71. The molecule has 1 fully saturated rings. The molecule has 120 valence electrons. The highest BCUT2D eigenvalue weighted by Crippen LogP contribution is 2.38. The number of amides is 1. The zero-order chi connectivity index (χ0) is 14.3. The van der Waals surface area contributed by atoms with Gasteiger partial charge in [0, 0.05) is 13.0 Å². The SMILES string of the molecule is CCCN(CC(F)F)C(=O)CC1(CN)CCCCC1.Cl. The minimum Gasteiger partial charge on any atom is -0.337 e. The number of hydrogen-bond acceptors (Lipinski definition) is 2. The molecule has 1 saturated carbocycles. The Morgan fingerprint density at radius 3 is 2.35 bits per heavy atom. The fourth-order valence-electron chi connectivity index (χ4n) is 2.94. The summed E-state index contributed by atoms with van der Waals surface area (Å²) in [6.45, 7) is 2.33. The van der Waals surface area contributed by atoms with Gasteiger partial charge in [0.25, 0.3) is 6.43 Å². The van der Waals surface area contributed by atoms with Crippen LogP contribution in [0, 0.1) is 5.41 Å². The molecule has 1 aliphatic rings. The average Bonchev–Trinajstić information content (AvgIpc) is 2.39. The van der Waals surface area contributed by atoms with Crippen molar-refractivity contribution in [3.8, 4) is 0 Å². The maximum Gasteiger partial charge on any atom is 0.255 e. The van der Waals surface area contributed by atoms with Crippen molar-refractivity contribution in [2.24, 2.45) is 11.1 Å². The molecular formula is C14H27ClF2N2O. The van der Waals surface area contributed by atoms with E-state index < -0.39 is 13.0 Å². The number of nitrogens with two attached hydrogens (primary N) is 1. The lowest BCUT2D eigenvalue weighted by Gasteiger charge is -2.37. The van der Waals surface area contributed by atoms with Gasteiger partial charge in [0.05, 0.1) is 6.54 Å². The Balaban J connectivity index is 0.00000361. The first-order valence-corrected chi connectivity index (χ1v) is 7.29. The van der Waals surface area contributed by atoms with E-state index in [-0.39, 0.29) is 23.7 Å². The van der Waals surface area contributed by atoms with Crippen molar-refractivity contribution < 1.29 is 13.6 Å². The largest absolute Gasteiger partial charge is 0.337 e. The molecule has 1 rings (SSSR count). The predicted octanol–water partition coefficient (Wildman–Crippen LogP) is 3.21. The lowest BCUT2D eigenvalue weighted by molar-refractivity contribution is -0.136. The second-order valence-corrected chi connectivity index (χ2v) is 5.67. The van der Waals surface area contributed by atoms with Crippen LogP contribution in [-0.2, 0) is 4.79 Å². The molecule has 0 aromatic carbocycles. The first-order chi connectivity index (χ1) is 9.03. The van der Waals surface area contributed by atoms with Crippen molar-refractivity contribution in [2.45, 2.75) is 58.3 Å². The summed E-state index contributed by atoms with van der Waals surface area (Å²) in [7, 11) is 0. The molecule has 2 N–H and O–H groups in total. The van der Waals surface area contributed by atoms with Gasteiger partial charge in [-0.3, -0.25) is 4.79 Å². The monoisotopic (exact) mass is 312 g/mol. The normalized spacial score (nSPS) is 17.6. The van der Waals surface area contributed by atoms with E-state index in [9.17, 15) is 13.6 Å². The zero-order valence-corrected chi connectivity index (χ0v) is 13.1. The fraction of sp³-hybridized carbons (Fsp3) is 0.929. The van der Waals surface area contributed by atoms with Crippen LogP contribution in [0.1, 0.15) is 51.9 Å². The van der Waals surface area contributed by atoms with Crippen LogP contribution in [0.15, 0.2) is 0 Å². The van der Waals surface area contributed by atoms with Crippen molar-refractivity contribution in [1.82, 2.24) is 4.90 Å². The third-order valence-corrected chi connectivity index (χ3v) is 4.08. The van der Waals surface area contributed by atoms with E-state index in [0.717, 1.165) is 25.7 Å². The lowest BCUT2D eigenvalue weighted by Crippen LogP contribution is -2.42. The molecule has 0 aromatic rings. The maximum atomic E-state index is 12.5. The van der Waals surface area contributed by atoms with Crippen LogP contribution in [0.25, 0.3) is 0 Å². The van der Waals surface area contributed by atoms with E-state index in [2.05, 4.69) is 0 Å². The second-order valence-electron chi connectivity index (χ2n) is 5.67. The molecule has 0 aromatic heterocycles. The molecule has 0 saturated heterocycles. The first-order valence-electron chi connectivity index (χ1n) is 7.29. The number of carbonyl (C=O) groups is 1. The highest BCUT2D eigenvalue weighted by Gasteiger charge is 2.34. The summed E-state index contributed by atoms with van der Waals surface area (Å²) in [5.41, 5.74) is 5.69. The molecule has 1 aliphatic carbocycles. The van der Waals surface area contributed by atoms with Gasteiger partial charge in [-0.05, 0) is 31.2 Å². The Labute approximate surface area is 126 Å². The van der Waals surface area contributed by atoms with Crippen LogP contribution in [0.3, 0.4) is 0 Å². The zero-order valence-electron chi connectivity index (χ0n) is 12.2. The molecule has 0 bridgehead atoms. The molecule has 0 spiro atoms. The smallest absolute Gasteiger partial charge is 0.255 e. The molecule has 0 unspecified atom stereocenters. The molecule has 1 amide bonds. The molecule has 6 heteroatoms. The molecular weight excluding hydrogens is 286 g/mol. The van der Waals surface area contributed by atoms with Crippen molar-refractivity contribution in [2.75, 3.05) is 19.6 Å². The molecule has 0 aliphatic heterocycles. The van der Waals surface area contributed by atoms with Gasteiger partial charge in [-0.1, -0.05) is 26.2 Å². The topological polar surface area (TPSA) is 46.3 Å².